The van der Waals surface area contributed by atoms with Gasteiger partial charge in [-0.25, -0.2) is 4.67 Å². The molecule has 1 aliphatic rings. The average molecular weight is 464 g/mol. The molecule has 0 radical (unpaired) electrons. The van der Waals surface area contributed by atoms with Crippen molar-refractivity contribution in [2.24, 2.45) is 0 Å². The normalized spacial score (nSPS) is 19.3. The van der Waals surface area contributed by atoms with E-state index < -0.39 is 16.8 Å². The van der Waals surface area contributed by atoms with Gasteiger partial charge in [0.05, 0.1) is 0 Å². The van der Waals surface area contributed by atoms with Gasteiger partial charge in [0.2, 0.25) is 8.45 Å². The van der Waals surface area contributed by atoms with Crippen molar-refractivity contribution in [1.82, 2.24) is 4.67 Å². The fraction of sp³-hybridized carbons (Fsp3) is 0.308. The van der Waals surface area contributed by atoms with E-state index >= 15 is 0 Å². The van der Waals surface area contributed by atoms with Gasteiger partial charge in [-0.15, -0.1) is 0 Å². The Morgan fingerprint density at radius 3 is 2.09 bits per heavy atom. The van der Waals surface area contributed by atoms with E-state index in [1.165, 1.54) is 16.9 Å². The lowest BCUT2D eigenvalue weighted by molar-refractivity contribution is 0.335. The van der Waals surface area contributed by atoms with E-state index in [1.807, 2.05) is 0 Å². The van der Waals surface area contributed by atoms with E-state index in [0.29, 0.717) is 6.04 Å². The van der Waals surface area contributed by atoms with Crippen molar-refractivity contribution < 1.29 is 4.21 Å². The number of para-hydroxylation sites is 2. The van der Waals surface area contributed by atoms with E-state index in [-0.39, 0.29) is 0 Å². The molecule has 2 atom stereocenters. The molecule has 1 heterocycles. The van der Waals surface area contributed by atoms with E-state index in [2.05, 4.69) is 125 Å². The first-order valence-corrected chi connectivity index (χ1v) is 16.0. The Hall–Kier alpha value is -2.17. The molecule has 168 valence electrons. The summed E-state index contributed by atoms with van der Waals surface area (Å²) in [7, 11) is -2.61. The quantitative estimate of drug-likeness (QED) is 0.274. The number of anilines is 2. The molecule has 32 heavy (non-hydrogen) atoms. The van der Waals surface area contributed by atoms with Gasteiger partial charge in [0.15, 0.2) is 8.32 Å². The first kappa shape index (κ1) is 23.0. The molecule has 0 saturated carbocycles. The zero-order chi connectivity index (χ0) is 22.4. The summed E-state index contributed by atoms with van der Waals surface area (Å²) in [6.07, 6.45) is 1.07. The summed E-state index contributed by atoms with van der Waals surface area (Å²) in [6, 6.07) is 32.5. The first-order chi connectivity index (χ1) is 15.5. The van der Waals surface area contributed by atoms with Crippen LogP contribution in [-0.4, -0.2) is 32.1 Å². The summed E-state index contributed by atoms with van der Waals surface area (Å²) in [4.78, 5) is 0. The molecule has 0 amide bonds. The molecular weight excluding hydrogens is 429 g/mol. The standard InChI is InChI=1S/C26H34N3OPSi/c1-32(2,3)30-31-28(21-23-13-7-4-8-14-23)26(19-20-27-24-15-9-5-10-16-24)22-29(31)25-17-11-6-12-18-25/h4-18,26-27H,19-22H2,1-3H3/t26-,31?/m0/s1. The highest BCUT2D eigenvalue weighted by Gasteiger charge is 2.43. The van der Waals surface area contributed by atoms with Crippen molar-refractivity contribution in [2.45, 2.75) is 38.6 Å². The Labute approximate surface area is 195 Å². The molecule has 0 spiro atoms. The lowest BCUT2D eigenvalue weighted by Gasteiger charge is -2.35. The molecule has 1 saturated heterocycles. The molecule has 0 bridgehead atoms. The van der Waals surface area contributed by atoms with Crippen LogP contribution in [0.2, 0.25) is 19.6 Å². The molecule has 4 rings (SSSR count). The van der Waals surface area contributed by atoms with E-state index in [1.54, 1.807) is 0 Å². The fourth-order valence-electron chi connectivity index (χ4n) is 3.93. The van der Waals surface area contributed by atoms with Crippen LogP contribution in [0.3, 0.4) is 0 Å². The number of nitrogens with one attached hydrogen (secondary N) is 1. The zero-order valence-electron chi connectivity index (χ0n) is 19.3. The number of hydrogen-bond donors (Lipinski definition) is 1. The van der Waals surface area contributed by atoms with Gasteiger partial charge in [0.25, 0.3) is 0 Å². The average Bonchev–Trinajstić information content (AvgIpc) is 3.11. The molecule has 0 aromatic heterocycles. The molecule has 6 heteroatoms. The van der Waals surface area contributed by atoms with Crippen LogP contribution in [0.4, 0.5) is 11.4 Å². The van der Waals surface area contributed by atoms with Crippen molar-refractivity contribution >= 4 is 28.1 Å². The highest BCUT2D eigenvalue weighted by molar-refractivity contribution is 7.53. The predicted molar refractivity (Wildman–Crippen MR) is 140 cm³/mol. The summed E-state index contributed by atoms with van der Waals surface area (Å²) in [6.45, 7) is 9.73. The van der Waals surface area contributed by atoms with Crippen molar-refractivity contribution in [3.8, 4) is 0 Å². The Balaban J connectivity index is 1.58. The number of benzene rings is 3. The van der Waals surface area contributed by atoms with Gasteiger partial charge in [0, 0.05) is 37.1 Å². The summed E-state index contributed by atoms with van der Waals surface area (Å²) in [5.41, 5.74) is 3.78. The minimum atomic E-state index is -1.74. The number of hydrogen-bond acceptors (Lipinski definition) is 4. The van der Waals surface area contributed by atoms with Crippen LogP contribution in [-0.2, 0) is 10.8 Å². The predicted octanol–water partition coefficient (Wildman–Crippen LogP) is 6.96. The minimum Gasteiger partial charge on any atom is -0.385 e. The van der Waals surface area contributed by atoms with Crippen LogP contribution in [0.1, 0.15) is 12.0 Å². The lowest BCUT2D eigenvalue weighted by Crippen LogP contribution is -2.32. The maximum atomic E-state index is 6.88. The minimum absolute atomic E-state index is 0.425. The van der Waals surface area contributed by atoms with Gasteiger partial charge in [0.1, 0.15) is 0 Å². The molecule has 3 aromatic rings. The van der Waals surface area contributed by atoms with Gasteiger partial charge in [-0.3, -0.25) is 0 Å². The zero-order valence-corrected chi connectivity index (χ0v) is 21.2. The summed E-state index contributed by atoms with van der Waals surface area (Å²) in [5.74, 6) is 0. The Morgan fingerprint density at radius 2 is 1.47 bits per heavy atom. The van der Waals surface area contributed by atoms with E-state index in [9.17, 15) is 0 Å². The third-order valence-electron chi connectivity index (χ3n) is 5.41. The van der Waals surface area contributed by atoms with Crippen LogP contribution in [0.25, 0.3) is 0 Å². The lowest BCUT2D eigenvalue weighted by atomic mass is 10.1. The van der Waals surface area contributed by atoms with Gasteiger partial charge in [-0.1, -0.05) is 66.7 Å². The highest BCUT2D eigenvalue weighted by atomic mass is 31.2. The molecule has 3 aromatic carbocycles. The maximum Gasteiger partial charge on any atom is 0.208 e. The molecule has 1 unspecified atom stereocenters. The number of nitrogens with zero attached hydrogens (tertiary/aromatic N) is 2. The van der Waals surface area contributed by atoms with Crippen LogP contribution >= 0.6 is 8.45 Å². The largest absolute Gasteiger partial charge is 0.385 e. The monoisotopic (exact) mass is 463 g/mol. The van der Waals surface area contributed by atoms with Gasteiger partial charge in [-0.2, -0.15) is 0 Å². The van der Waals surface area contributed by atoms with Crippen molar-refractivity contribution in [3.63, 3.8) is 0 Å². The molecule has 0 aliphatic carbocycles. The Kier molecular flexibility index (Phi) is 7.64. The molecular formula is C26H34N3OPSi. The second-order valence-electron chi connectivity index (χ2n) is 9.19. The SMILES string of the molecule is C[Si](C)(C)OP1N(c2ccccc2)C[C@H](CCNc2ccccc2)N1Cc1ccccc1. The van der Waals surface area contributed by atoms with Crippen molar-refractivity contribution in [2.75, 3.05) is 23.1 Å². The van der Waals surface area contributed by atoms with Gasteiger partial charge < -0.3 is 14.2 Å². The molecule has 1 N–H and O–H groups in total. The van der Waals surface area contributed by atoms with Gasteiger partial charge in [-0.05, 0) is 55.9 Å². The summed E-state index contributed by atoms with van der Waals surface area (Å²) < 4.78 is 12.0. The van der Waals surface area contributed by atoms with E-state index in [0.717, 1.165) is 26.1 Å². The van der Waals surface area contributed by atoms with Crippen LogP contribution in [0.15, 0.2) is 91.0 Å². The van der Waals surface area contributed by atoms with E-state index in [4.69, 9.17) is 4.21 Å². The highest BCUT2D eigenvalue weighted by Crippen LogP contribution is 2.56. The first-order valence-electron chi connectivity index (χ1n) is 11.4. The molecule has 4 nitrogen and oxygen atoms in total. The smallest absolute Gasteiger partial charge is 0.208 e. The fourth-order valence-corrected chi connectivity index (χ4v) is 8.39. The summed E-state index contributed by atoms with van der Waals surface area (Å²) >= 11 is 0. The Morgan fingerprint density at radius 1 is 0.875 bits per heavy atom. The van der Waals surface area contributed by atoms with Crippen LogP contribution in [0.5, 0.6) is 0 Å². The topological polar surface area (TPSA) is 27.7 Å². The summed E-state index contributed by atoms with van der Waals surface area (Å²) in [5, 5.41) is 3.60. The van der Waals surface area contributed by atoms with Gasteiger partial charge >= 0.3 is 0 Å². The molecule has 1 fully saturated rings. The molecule has 1 aliphatic heterocycles. The second kappa shape index (κ2) is 10.6. The second-order valence-corrected chi connectivity index (χ2v) is 15.6. The van der Waals surface area contributed by atoms with Crippen molar-refractivity contribution in [3.05, 3.63) is 96.6 Å². The Bertz CT molecular complexity index is 953. The van der Waals surface area contributed by atoms with Crippen molar-refractivity contribution in [1.29, 1.82) is 0 Å². The maximum absolute atomic E-state index is 6.88. The third kappa shape index (κ3) is 6.20. The number of rotatable bonds is 9. The third-order valence-corrected chi connectivity index (χ3v) is 9.97. The van der Waals surface area contributed by atoms with Crippen LogP contribution < -0.4 is 9.99 Å². The van der Waals surface area contributed by atoms with Crippen LogP contribution in [0, 0.1) is 0 Å².